The third kappa shape index (κ3) is 7.28. The highest BCUT2D eigenvalue weighted by molar-refractivity contribution is 5.96. The molecule has 192 valence electrons. The van der Waals surface area contributed by atoms with E-state index >= 15 is 0 Å². The van der Waals surface area contributed by atoms with Crippen molar-refractivity contribution < 1.29 is 9.59 Å². The minimum absolute atomic E-state index is 0.0142. The Morgan fingerprint density at radius 1 is 1.19 bits per heavy atom. The van der Waals surface area contributed by atoms with Gasteiger partial charge in [-0.05, 0) is 68.7 Å². The molecule has 0 radical (unpaired) electrons. The maximum atomic E-state index is 13.4. The van der Waals surface area contributed by atoms with E-state index in [9.17, 15) is 14.9 Å². The van der Waals surface area contributed by atoms with E-state index < -0.39 is 0 Å². The zero-order valence-corrected chi connectivity index (χ0v) is 22.1. The molecule has 0 aliphatic carbocycles. The van der Waals surface area contributed by atoms with Crippen molar-refractivity contribution in [3.8, 4) is 6.07 Å². The molecule has 0 saturated carbocycles. The van der Waals surface area contributed by atoms with Crippen molar-refractivity contribution in [3.63, 3.8) is 0 Å². The van der Waals surface area contributed by atoms with Gasteiger partial charge in [0.05, 0.1) is 24.7 Å². The molecule has 6 nitrogen and oxygen atoms in total. The molecule has 37 heavy (non-hydrogen) atoms. The van der Waals surface area contributed by atoms with Crippen LogP contribution in [0.1, 0.15) is 54.2 Å². The Balaban J connectivity index is 1.81. The molecule has 0 spiro atoms. The van der Waals surface area contributed by atoms with Crippen LogP contribution in [0.5, 0.6) is 0 Å². The van der Waals surface area contributed by atoms with Gasteiger partial charge in [-0.3, -0.25) is 14.5 Å². The number of likely N-dealkylation sites (N-methyl/N-ethyl adjacent to an activating group) is 1. The normalized spacial score (nSPS) is 14.3. The van der Waals surface area contributed by atoms with Gasteiger partial charge < -0.3 is 9.80 Å². The molecule has 0 saturated heterocycles. The molecule has 0 bridgehead atoms. The minimum atomic E-state index is -0.0384. The van der Waals surface area contributed by atoms with E-state index in [0.717, 1.165) is 29.8 Å². The first-order valence-electron chi connectivity index (χ1n) is 12.7. The number of nitriles is 1. The molecule has 2 aromatic carbocycles. The van der Waals surface area contributed by atoms with Crippen molar-refractivity contribution >= 4 is 17.5 Å². The maximum absolute atomic E-state index is 13.4. The van der Waals surface area contributed by atoms with Crippen LogP contribution in [0.4, 0.5) is 5.69 Å². The number of amides is 2. The maximum Gasteiger partial charge on any atom is 0.254 e. The van der Waals surface area contributed by atoms with E-state index in [2.05, 4.69) is 42.7 Å². The fourth-order valence-electron chi connectivity index (χ4n) is 4.34. The highest BCUT2D eigenvalue weighted by Gasteiger charge is 2.26. The first-order valence-corrected chi connectivity index (χ1v) is 12.7. The summed E-state index contributed by atoms with van der Waals surface area (Å²) in [4.78, 5) is 31.9. The van der Waals surface area contributed by atoms with Crippen LogP contribution in [0.15, 0.2) is 78.9 Å². The molecule has 1 aliphatic rings. The van der Waals surface area contributed by atoms with E-state index in [-0.39, 0.29) is 11.8 Å². The summed E-state index contributed by atoms with van der Waals surface area (Å²) in [5, 5.41) is 9.44. The van der Waals surface area contributed by atoms with Gasteiger partial charge in [0, 0.05) is 37.4 Å². The van der Waals surface area contributed by atoms with Gasteiger partial charge in [0.2, 0.25) is 5.91 Å². The summed E-state index contributed by atoms with van der Waals surface area (Å²) < 4.78 is 0. The number of hydrogen-bond donors (Lipinski definition) is 0. The quantitative estimate of drug-likeness (QED) is 0.323. The Labute approximate surface area is 220 Å². The number of fused-ring (bicyclic) bond motifs is 1. The predicted molar refractivity (Wildman–Crippen MR) is 149 cm³/mol. The zero-order valence-electron chi connectivity index (χ0n) is 22.1. The number of carbonyl (C=O) groups excluding carboxylic acids is 2. The molecule has 1 aliphatic heterocycles. The van der Waals surface area contributed by atoms with Gasteiger partial charge in [0.25, 0.3) is 5.91 Å². The van der Waals surface area contributed by atoms with Gasteiger partial charge in [0.15, 0.2) is 0 Å². The number of rotatable bonds is 10. The second kappa shape index (κ2) is 13.4. The predicted octanol–water partition coefficient (Wildman–Crippen LogP) is 5.47. The van der Waals surface area contributed by atoms with Crippen molar-refractivity contribution in [2.45, 2.75) is 40.3 Å². The van der Waals surface area contributed by atoms with Crippen LogP contribution in [-0.2, 0) is 17.9 Å². The summed E-state index contributed by atoms with van der Waals surface area (Å²) in [6.07, 6.45) is 8.85. The van der Waals surface area contributed by atoms with E-state index in [0.29, 0.717) is 43.9 Å². The molecule has 3 rings (SSSR count). The van der Waals surface area contributed by atoms with Crippen LogP contribution < -0.4 is 4.90 Å². The van der Waals surface area contributed by atoms with Crippen LogP contribution in [0.25, 0.3) is 0 Å². The Bertz CT molecular complexity index is 1220. The molecule has 1 heterocycles. The molecular weight excluding hydrogens is 460 g/mol. The Morgan fingerprint density at radius 3 is 2.59 bits per heavy atom. The standard InChI is InChI=1S/C31H36N4O2/c1-5-17-34(7-3)31(37)27-14-11-25(12-15-27)21-35-29-16-13-26(20-32)19-28(29)22-33(23-30(35)36)18-9-8-10-24(4)6-2/h5-6,8,10-16,19H,1,7,9,17-18,21-23H2,2-4H3/b10-8-,24-6-. The van der Waals surface area contributed by atoms with Gasteiger partial charge in [-0.15, -0.1) is 6.58 Å². The molecule has 6 heteroatoms. The second-order valence-corrected chi connectivity index (χ2v) is 9.20. The van der Waals surface area contributed by atoms with E-state index in [1.807, 2.05) is 50.2 Å². The summed E-state index contributed by atoms with van der Waals surface area (Å²) in [7, 11) is 0. The van der Waals surface area contributed by atoms with Crippen molar-refractivity contribution in [2.24, 2.45) is 0 Å². The summed E-state index contributed by atoms with van der Waals surface area (Å²) in [6, 6.07) is 15.2. The average molecular weight is 497 g/mol. The lowest BCUT2D eigenvalue weighted by Gasteiger charge is -2.24. The average Bonchev–Trinajstić information content (AvgIpc) is 3.04. The number of benzene rings is 2. The molecule has 0 unspecified atom stereocenters. The lowest BCUT2D eigenvalue weighted by atomic mass is 10.1. The molecule has 0 N–H and O–H groups in total. The number of allylic oxidation sites excluding steroid dienone is 3. The van der Waals surface area contributed by atoms with E-state index in [1.165, 1.54) is 5.57 Å². The minimum Gasteiger partial charge on any atom is -0.335 e. The van der Waals surface area contributed by atoms with Gasteiger partial charge >= 0.3 is 0 Å². The first-order chi connectivity index (χ1) is 17.9. The van der Waals surface area contributed by atoms with Crippen LogP contribution >= 0.6 is 0 Å². The Morgan fingerprint density at radius 2 is 1.95 bits per heavy atom. The van der Waals surface area contributed by atoms with Crippen molar-refractivity contribution in [1.82, 2.24) is 9.80 Å². The zero-order chi connectivity index (χ0) is 26.8. The third-order valence-electron chi connectivity index (χ3n) is 6.56. The van der Waals surface area contributed by atoms with Crippen LogP contribution in [0.3, 0.4) is 0 Å². The molecule has 2 aromatic rings. The topological polar surface area (TPSA) is 67.7 Å². The van der Waals surface area contributed by atoms with E-state index in [1.54, 1.807) is 21.9 Å². The Kier molecular flexibility index (Phi) is 10.00. The smallest absolute Gasteiger partial charge is 0.254 e. The van der Waals surface area contributed by atoms with E-state index in [4.69, 9.17) is 0 Å². The lowest BCUT2D eigenvalue weighted by molar-refractivity contribution is -0.119. The number of hydrogen-bond acceptors (Lipinski definition) is 4. The van der Waals surface area contributed by atoms with Gasteiger partial charge in [-0.1, -0.05) is 42.0 Å². The molecular formula is C31H36N4O2. The number of nitrogens with zero attached hydrogens (tertiary/aromatic N) is 4. The van der Waals surface area contributed by atoms with Crippen LogP contribution in [-0.4, -0.2) is 47.8 Å². The van der Waals surface area contributed by atoms with Crippen molar-refractivity contribution in [3.05, 3.63) is 101 Å². The summed E-state index contributed by atoms with van der Waals surface area (Å²) in [5.74, 6) is -0.0242. The molecule has 0 aromatic heterocycles. The highest BCUT2D eigenvalue weighted by Crippen LogP contribution is 2.28. The SMILES string of the molecule is C=CCN(CC)C(=O)c1ccc(CN2C(=O)CN(CC/C=C\C(C)=C/C)Cc3cc(C#N)ccc32)cc1. The van der Waals surface area contributed by atoms with Crippen molar-refractivity contribution in [1.29, 1.82) is 5.26 Å². The summed E-state index contributed by atoms with van der Waals surface area (Å²) in [6.45, 7) is 12.9. The monoisotopic (exact) mass is 496 g/mol. The van der Waals surface area contributed by atoms with Gasteiger partial charge in [-0.2, -0.15) is 5.26 Å². The molecule has 0 atom stereocenters. The summed E-state index contributed by atoms with van der Waals surface area (Å²) >= 11 is 0. The lowest BCUT2D eigenvalue weighted by Crippen LogP contribution is -2.37. The third-order valence-corrected chi connectivity index (χ3v) is 6.56. The molecule has 2 amide bonds. The second-order valence-electron chi connectivity index (χ2n) is 9.20. The fourth-order valence-corrected chi connectivity index (χ4v) is 4.34. The fraction of sp³-hybridized carbons (Fsp3) is 0.323. The summed E-state index contributed by atoms with van der Waals surface area (Å²) in [5.41, 5.74) is 5.13. The van der Waals surface area contributed by atoms with Crippen LogP contribution in [0.2, 0.25) is 0 Å². The van der Waals surface area contributed by atoms with Crippen LogP contribution in [0, 0.1) is 11.3 Å². The largest absolute Gasteiger partial charge is 0.335 e. The highest BCUT2D eigenvalue weighted by atomic mass is 16.2. The number of anilines is 1. The van der Waals surface area contributed by atoms with Crippen molar-refractivity contribution in [2.75, 3.05) is 31.1 Å². The van der Waals surface area contributed by atoms with Gasteiger partial charge in [-0.25, -0.2) is 0 Å². The number of carbonyl (C=O) groups is 2. The van der Waals surface area contributed by atoms with Gasteiger partial charge in [0.1, 0.15) is 0 Å². The molecule has 0 fully saturated rings. The first kappa shape index (κ1) is 27.6. The Hall–Kier alpha value is -3.95.